The predicted octanol–water partition coefficient (Wildman–Crippen LogP) is 1.41. The summed E-state index contributed by atoms with van der Waals surface area (Å²) in [6.45, 7) is 5.64. The third-order valence-electron chi connectivity index (χ3n) is 8.99. The lowest BCUT2D eigenvalue weighted by Crippen LogP contribution is -2.58. The van der Waals surface area contributed by atoms with E-state index in [-0.39, 0.29) is 19.0 Å². The molecule has 1 saturated heterocycles. The summed E-state index contributed by atoms with van der Waals surface area (Å²) in [5.74, 6) is -3.00. The van der Waals surface area contributed by atoms with Gasteiger partial charge in [-0.3, -0.25) is 33.8 Å². The van der Waals surface area contributed by atoms with E-state index in [0.717, 1.165) is 44.9 Å². The molecule has 0 aromatic carbocycles. The number of likely N-dealkylation sites (tertiary alicyclic amines) is 1. The second-order valence-corrected chi connectivity index (χ2v) is 12.4. The van der Waals surface area contributed by atoms with E-state index in [2.05, 4.69) is 32.8 Å². The lowest BCUT2D eigenvalue weighted by molar-refractivity contribution is -0.142. The first-order valence-corrected chi connectivity index (χ1v) is 15.6. The average molecular weight is 609 g/mol. The van der Waals surface area contributed by atoms with Crippen LogP contribution >= 0.6 is 0 Å². The maximum Gasteiger partial charge on any atom is 0.289 e. The van der Waals surface area contributed by atoms with Crippen molar-refractivity contribution in [2.45, 2.75) is 89.3 Å². The molecule has 1 aromatic rings. The standard InChI is InChI=1S/C32H44N6O6/c1-3-15-34-30(43)26(40)23(19-21-9-10-21)36-29(42)24-8-7-18-38(24)25(39)20-35-31(44)27(32(2)13-5-4-6-14-32)37-28(41)22-11-16-33-17-12-22/h3,11-12,16-17,21,23-24,27H,1,4-10,13-15,18-20H2,2H3,(H,34,43)(H,35,44)(H,36,42)(H,37,41). The van der Waals surface area contributed by atoms with Gasteiger partial charge in [0.1, 0.15) is 12.1 Å². The number of pyridine rings is 1. The van der Waals surface area contributed by atoms with Crippen molar-refractivity contribution in [3.63, 3.8) is 0 Å². The second kappa shape index (κ2) is 15.1. The Labute approximate surface area is 258 Å². The Balaban J connectivity index is 1.38. The normalized spacial score (nSPS) is 20.5. The molecule has 3 atom stereocenters. The van der Waals surface area contributed by atoms with Crippen molar-refractivity contribution in [1.29, 1.82) is 0 Å². The molecule has 1 aromatic heterocycles. The van der Waals surface area contributed by atoms with E-state index in [1.807, 2.05) is 6.92 Å². The number of ketones is 1. The third kappa shape index (κ3) is 8.51. The average Bonchev–Trinajstić information content (AvgIpc) is 3.71. The maximum absolute atomic E-state index is 13.5. The molecule has 12 heteroatoms. The molecule has 0 spiro atoms. The van der Waals surface area contributed by atoms with Crippen molar-refractivity contribution in [1.82, 2.24) is 31.2 Å². The molecule has 3 aliphatic rings. The van der Waals surface area contributed by atoms with Crippen LogP contribution in [0, 0.1) is 11.3 Å². The SMILES string of the molecule is C=CCNC(=O)C(=O)C(CC1CC1)NC(=O)C1CCCN1C(=O)CNC(=O)C(NC(=O)c1ccncc1)C1(C)CCCCC1. The van der Waals surface area contributed by atoms with E-state index in [1.165, 1.54) is 23.4 Å². The fourth-order valence-electron chi connectivity index (χ4n) is 6.22. The van der Waals surface area contributed by atoms with Gasteiger partial charge in [-0.15, -0.1) is 6.58 Å². The zero-order chi connectivity index (χ0) is 31.7. The first-order valence-electron chi connectivity index (χ1n) is 15.6. The highest BCUT2D eigenvalue weighted by atomic mass is 16.2. The molecule has 44 heavy (non-hydrogen) atoms. The fourth-order valence-corrected chi connectivity index (χ4v) is 6.22. The van der Waals surface area contributed by atoms with Crippen molar-refractivity contribution in [3.8, 4) is 0 Å². The zero-order valence-corrected chi connectivity index (χ0v) is 25.4. The molecule has 3 fully saturated rings. The molecule has 0 radical (unpaired) electrons. The van der Waals surface area contributed by atoms with Gasteiger partial charge in [0.2, 0.25) is 23.5 Å². The van der Waals surface area contributed by atoms with E-state index in [9.17, 15) is 28.8 Å². The Hall–Kier alpha value is -4.09. The van der Waals surface area contributed by atoms with E-state index >= 15 is 0 Å². The molecule has 5 amide bonds. The Morgan fingerprint density at radius 1 is 1.00 bits per heavy atom. The summed E-state index contributed by atoms with van der Waals surface area (Å²) in [6.07, 6.45) is 12.2. The van der Waals surface area contributed by atoms with Gasteiger partial charge in [0.05, 0.1) is 12.6 Å². The Bertz CT molecular complexity index is 1240. The quantitative estimate of drug-likeness (QED) is 0.183. The van der Waals surface area contributed by atoms with E-state index in [1.54, 1.807) is 12.1 Å². The summed E-state index contributed by atoms with van der Waals surface area (Å²) < 4.78 is 0. The number of hydrogen-bond acceptors (Lipinski definition) is 7. The molecule has 2 aliphatic carbocycles. The highest BCUT2D eigenvalue weighted by Gasteiger charge is 2.42. The Morgan fingerprint density at radius 3 is 2.36 bits per heavy atom. The monoisotopic (exact) mass is 608 g/mol. The molecule has 1 aliphatic heterocycles. The zero-order valence-electron chi connectivity index (χ0n) is 25.4. The summed E-state index contributed by atoms with van der Waals surface area (Å²) >= 11 is 0. The lowest BCUT2D eigenvalue weighted by atomic mass is 9.70. The van der Waals surface area contributed by atoms with Crippen LogP contribution in [0.2, 0.25) is 0 Å². The molecule has 4 rings (SSSR count). The van der Waals surface area contributed by atoms with Crippen LogP contribution in [0.5, 0.6) is 0 Å². The minimum Gasteiger partial charge on any atom is -0.346 e. The molecule has 238 valence electrons. The van der Waals surface area contributed by atoms with Gasteiger partial charge in [-0.05, 0) is 55.6 Å². The van der Waals surface area contributed by atoms with Gasteiger partial charge in [0, 0.05) is 31.0 Å². The number of carbonyl (C=O) groups excluding carboxylic acids is 6. The van der Waals surface area contributed by atoms with Gasteiger partial charge >= 0.3 is 0 Å². The maximum atomic E-state index is 13.5. The number of nitrogens with zero attached hydrogens (tertiary/aromatic N) is 2. The molecule has 0 bridgehead atoms. The van der Waals surface area contributed by atoms with E-state index in [4.69, 9.17) is 0 Å². The van der Waals surface area contributed by atoms with Crippen LogP contribution in [0.3, 0.4) is 0 Å². The molecule has 3 unspecified atom stereocenters. The Kier molecular flexibility index (Phi) is 11.2. The number of amides is 5. The minimum atomic E-state index is -0.974. The smallest absolute Gasteiger partial charge is 0.289 e. The van der Waals surface area contributed by atoms with Crippen LogP contribution in [-0.2, 0) is 24.0 Å². The van der Waals surface area contributed by atoms with Gasteiger partial charge in [0.15, 0.2) is 0 Å². The van der Waals surface area contributed by atoms with E-state index in [0.29, 0.717) is 31.4 Å². The number of carbonyl (C=O) groups is 6. The van der Waals surface area contributed by atoms with Crippen molar-refractivity contribution in [3.05, 3.63) is 42.7 Å². The van der Waals surface area contributed by atoms with Crippen molar-refractivity contribution >= 4 is 35.3 Å². The molecule has 2 saturated carbocycles. The Morgan fingerprint density at radius 2 is 1.70 bits per heavy atom. The van der Waals surface area contributed by atoms with Crippen LogP contribution in [-0.4, -0.2) is 83.0 Å². The lowest BCUT2D eigenvalue weighted by Gasteiger charge is -2.40. The first-order chi connectivity index (χ1) is 21.1. The molecule has 12 nitrogen and oxygen atoms in total. The summed E-state index contributed by atoms with van der Waals surface area (Å²) in [7, 11) is 0. The van der Waals surface area contributed by atoms with Crippen LogP contribution in [0.15, 0.2) is 37.2 Å². The predicted molar refractivity (Wildman–Crippen MR) is 162 cm³/mol. The summed E-state index contributed by atoms with van der Waals surface area (Å²) in [4.78, 5) is 83.7. The summed E-state index contributed by atoms with van der Waals surface area (Å²) in [5.41, 5.74) is -0.0959. The highest BCUT2D eigenvalue weighted by Crippen LogP contribution is 2.39. The van der Waals surface area contributed by atoms with Gasteiger partial charge in [-0.2, -0.15) is 0 Å². The van der Waals surface area contributed by atoms with Crippen molar-refractivity contribution < 1.29 is 28.8 Å². The number of Topliss-reactive ketones (excluding diaryl/α,β-unsaturated/α-hetero) is 1. The highest BCUT2D eigenvalue weighted by molar-refractivity contribution is 6.38. The summed E-state index contributed by atoms with van der Waals surface area (Å²) in [5, 5.41) is 10.8. The van der Waals surface area contributed by atoms with Crippen LogP contribution in [0.1, 0.15) is 81.5 Å². The van der Waals surface area contributed by atoms with Crippen LogP contribution in [0.25, 0.3) is 0 Å². The molecule has 4 N–H and O–H groups in total. The van der Waals surface area contributed by atoms with Crippen LogP contribution < -0.4 is 21.3 Å². The minimum absolute atomic E-state index is 0.138. The topological polar surface area (TPSA) is 167 Å². The number of aromatic nitrogens is 1. The van der Waals surface area contributed by atoms with Gasteiger partial charge < -0.3 is 26.2 Å². The molecular weight excluding hydrogens is 564 g/mol. The third-order valence-corrected chi connectivity index (χ3v) is 8.99. The van der Waals surface area contributed by atoms with Gasteiger partial charge in [-0.25, -0.2) is 0 Å². The largest absolute Gasteiger partial charge is 0.346 e. The number of hydrogen-bond donors (Lipinski definition) is 4. The first kappa shape index (κ1) is 32.8. The van der Waals surface area contributed by atoms with Gasteiger partial charge in [-0.1, -0.05) is 45.1 Å². The summed E-state index contributed by atoms with van der Waals surface area (Å²) in [6, 6.07) is 0.509. The van der Waals surface area contributed by atoms with Gasteiger partial charge in [0.25, 0.3) is 11.8 Å². The fraction of sp³-hybridized carbons (Fsp3) is 0.594. The van der Waals surface area contributed by atoms with Crippen LogP contribution in [0.4, 0.5) is 0 Å². The van der Waals surface area contributed by atoms with Crippen molar-refractivity contribution in [2.75, 3.05) is 19.6 Å². The molecule has 2 heterocycles. The van der Waals surface area contributed by atoms with E-state index < -0.39 is 58.9 Å². The molecular formula is C32H44N6O6. The second-order valence-electron chi connectivity index (χ2n) is 12.4. The number of nitrogens with one attached hydrogen (secondary N) is 4. The number of rotatable bonds is 14. The van der Waals surface area contributed by atoms with Crippen molar-refractivity contribution in [2.24, 2.45) is 11.3 Å².